The first-order chi connectivity index (χ1) is 16.3. The van der Waals surface area contributed by atoms with Gasteiger partial charge in [0.25, 0.3) is 11.8 Å². The van der Waals surface area contributed by atoms with Crippen molar-refractivity contribution in [2.45, 2.75) is 6.92 Å². The molecular weight excluding hydrogens is 454 g/mol. The third kappa shape index (κ3) is 5.94. The number of ether oxygens (including phenoxy) is 2. The van der Waals surface area contributed by atoms with Crippen LogP contribution in [0.4, 0.5) is 11.4 Å². The lowest BCUT2D eigenvalue weighted by molar-refractivity contribution is -0.112. The van der Waals surface area contributed by atoms with E-state index in [2.05, 4.69) is 10.6 Å². The van der Waals surface area contributed by atoms with Gasteiger partial charge in [-0.05, 0) is 66.6 Å². The summed E-state index contributed by atoms with van der Waals surface area (Å²) in [6.07, 6.45) is 1.44. The van der Waals surface area contributed by atoms with Crippen LogP contribution in [0.2, 0.25) is 5.02 Å². The molecule has 0 saturated heterocycles. The smallest absolute Gasteiger partial charge is 0.266 e. The third-order valence-electron chi connectivity index (χ3n) is 4.90. The summed E-state index contributed by atoms with van der Waals surface area (Å²) in [6, 6.07) is 18.7. The van der Waals surface area contributed by atoms with E-state index in [1.165, 1.54) is 13.2 Å². The van der Waals surface area contributed by atoms with E-state index in [4.69, 9.17) is 21.1 Å². The quantitative estimate of drug-likeness (QED) is 0.349. The molecule has 172 valence electrons. The fraction of sp³-hybridized carbons (Fsp3) is 0.115. The average Bonchev–Trinajstić information content (AvgIpc) is 2.84. The van der Waals surface area contributed by atoms with Gasteiger partial charge in [0, 0.05) is 22.3 Å². The number of hydrogen-bond acceptors (Lipinski definition) is 5. The highest BCUT2D eigenvalue weighted by atomic mass is 35.5. The van der Waals surface area contributed by atoms with E-state index < -0.39 is 5.91 Å². The SMILES string of the molecule is COc1ccc(C(=O)Nc2cccc(/C=C(\C#N)C(=O)Nc3cc(C)c(Cl)cc3OC)c2)cc1. The molecule has 0 aromatic heterocycles. The Bertz CT molecular complexity index is 1290. The molecule has 0 fully saturated rings. The zero-order chi connectivity index (χ0) is 24.7. The van der Waals surface area contributed by atoms with Crippen molar-refractivity contribution in [1.29, 1.82) is 5.26 Å². The fourth-order valence-corrected chi connectivity index (χ4v) is 3.24. The van der Waals surface area contributed by atoms with Crippen LogP contribution in [-0.2, 0) is 4.79 Å². The lowest BCUT2D eigenvalue weighted by atomic mass is 10.1. The fourth-order valence-electron chi connectivity index (χ4n) is 3.09. The predicted octanol–water partition coefficient (Wildman–Crippen LogP) is 5.46. The van der Waals surface area contributed by atoms with Crippen LogP contribution in [0.1, 0.15) is 21.5 Å². The standard InChI is InChI=1S/C26H22ClN3O4/c1-16-11-23(24(34-3)14-22(16)27)30-26(32)19(15-28)12-17-5-4-6-20(13-17)29-25(31)18-7-9-21(33-2)10-8-18/h4-14H,1-3H3,(H,29,31)(H,30,32)/b19-12+. The Morgan fingerprint density at radius 2 is 1.74 bits per heavy atom. The number of aryl methyl sites for hydroxylation is 1. The molecule has 0 saturated carbocycles. The predicted molar refractivity (Wildman–Crippen MR) is 132 cm³/mol. The summed E-state index contributed by atoms with van der Waals surface area (Å²) in [5.74, 6) is 0.129. The molecule has 0 atom stereocenters. The molecule has 34 heavy (non-hydrogen) atoms. The van der Waals surface area contributed by atoms with Gasteiger partial charge in [-0.15, -0.1) is 0 Å². The molecule has 0 aliphatic carbocycles. The largest absolute Gasteiger partial charge is 0.497 e. The molecule has 2 amide bonds. The molecule has 0 radical (unpaired) electrons. The van der Waals surface area contributed by atoms with Crippen molar-refractivity contribution in [2.75, 3.05) is 24.9 Å². The first-order valence-electron chi connectivity index (χ1n) is 10.2. The molecule has 0 unspecified atom stereocenters. The van der Waals surface area contributed by atoms with Gasteiger partial charge < -0.3 is 20.1 Å². The number of nitrogens with one attached hydrogen (secondary N) is 2. The molecule has 0 aliphatic heterocycles. The van der Waals surface area contributed by atoms with Crippen molar-refractivity contribution in [3.63, 3.8) is 0 Å². The second-order valence-corrected chi connectivity index (χ2v) is 7.64. The zero-order valence-corrected chi connectivity index (χ0v) is 19.6. The van der Waals surface area contributed by atoms with Crippen molar-refractivity contribution >= 4 is 40.9 Å². The van der Waals surface area contributed by atoms with E-state index in [0.717, 1.165) is 5.56 Å². The van der Waals surface area contributed by atoms with Gasteiger partial charge in [0.05, 0.1) is 19.9 Å². The van der Waals surface area contributed by atoms with Gasteiger partial charge in [-0.2, -0.15) is 5.26 Å². The second-order valence-electron chi connectivity index (χ2n) is 7.23. The van der Waals surface area contributed by atoms with Gasteiger partial charge in [0.2, 0.25) is 0 Å². The normalized spacial score (nSPS) is 10.7. The van der Waals surface area contributed by atoms with Gasteiger partial charge >= 0.3 is 0 Å². The molecule has 0 heterocycles. The van der Waals surface area contributed by atoms with E-state index in [1.54, 1.807) is 74.7 Å². The van der Waals surface area contributed by atoms with Gasteiger partial charge in [-0.1, -0.05) is 23.7 Å². The maximum Gasteiger partial charge on any atom is 0.266 e. The monoisotopic (exact) mass is 475 g/mol. The maximum absolute atomic E-state index is 12.7. The van der Waals surface area contributed by atoms with E-state index >= 15 is 0 Å². The van der Waals surface area contributed by atoms with E-state index in [1.807, 2.05) is 6.07 Å². The molecule has 0 spiro atoms. The molecule has 3 rings (SSSR count). The third-order valence-corrected chi connectivity index (χ3v) is 5.31. The van der Waals surface area contributed by atoms with Crippen LogP contribution in [0.25, 0.3) is 6.08 Å². The number of carbonyl (C=O) groups is 2. The molecule has 0 bridgehead atoms. The molecule has 8 heteroatoms. The first-order valence-corrected chi connectivity index (χ1v) is 10.5. The summed E-state index contributed by atoms with van der Waals surface area (Å²) in [5, 5.41) is 15.5. The van der Waals surface area contributed by atoms with Crippen LogP contribution >= 0.6 is 11.6 Å². The molecular formula is C26H22ClN3O4. The van der Waals surface area contributed by atoms with Crippen LogP contribution in [-0.4, -0.2) is 26.0 Å². The summed E-state index contributed by atoms with van der Waals surface area (Å²) < 4.78 is 10.4. The zero-order valence-electron chi connectivity index (χ0n) is 18.8. The van der Waals surface area contributed by atoms with Gasteiger partial charge in [0.1, 0.15) is 23.1 Å². The minimum absolute atomic E-state index is 0.117. The van der Waals surface area contributed by atoms with Crippen LogP contribution in [0.5, 0.6) is 11.5 Å². The van der Waals surface area contributed by atoms with Gasteiger partial charge in [-0.3, -0.25) is 9.59 Å². The Hall–Kier alpha value is -4.28. The number of anilines is 2. The second kappa shape index (κ2) is 11.0. The Morgan fingerprint density at radius 3 is 2.38 bits per heavy atom. The van der Waals surface area contributed by atoms with Gasteiger partial charge in [0.15, 0.2) is 0 Å². The summed E-state index contributed by atoms with van der Waals surface area (Å²) in [4.78, 5) is 25.3. The highest BCUT2D eigenvalue weighted by Crippen LogP contribution is 2.31. The topological polar surface area (TPSA) is 100 Å². The number of nitrogens with zero attached hydrogens (tertiary/aromatic N) is 1. The molecule has 3 aromatic rings. The van der Waals surface area contributed by atoms with E-state index in [0.29, 0.717) is 39.0 Å². The van der Waals surface area contributed by atoms with Gasteiger partial charge in [-0.25, -0.2) is 0 Å². The number of carbonyl (C=O) groups excluding carboxylic acids is 2. The van der Waals surface area contributed by atoms with Crippen molar-refractivity contribution < 1.29 is 19.1 Å². The maximum atomic E-state index is 12.7. The van der Waals surface area contributed by atoms with Crippen LogP contribution in [0, 0.1) is 18.3 Å². The Kier molecular flexibility index (Phi) is 7.91. The minimum Gasteiger partial charge on any atom is -0.497 e. The number of hydrogen-bond donors (Lipinski definition) is 2. The number of halogens is 1. The number of nitriles is 1. The lowest BCUT2D eigenvalue weighted by Gasteiger charge is -2.12. The Balaban J connectivity index is 1.78. The minimum atomic E-state index is -0.602. The van der Waals surface area contributed by atoms with Crippen LogP contribution in [0.3, 0.4) is 0 Å². The Labute approximate surface area is 202 Å². The van der Waals surface area contributed by atoms with E-state index in [-0.39, 0.29) is 11.5 Å². The van der Waals surface area contributed by atoms with Crippen molar-refractivity contribution in [3.8, 4) is 17.6 Å². The van der Waals surface area contributed by atoms with Crippen molar-refractivity contribution in [3.05, 3.63) is 87.9 Å². The highest BCUT2D eigenvalue weighted by Gasteiger charge is 2.14. The summed E-state index contributed by atoms with van der Waals surface area (Å²) in [7, 11) is 3.01. The Morgan fingerprint density at radius 1 is 1.00 bits per heavy atom. The summed E-state index contributed by atoms with van der Waals surface area (Å²) in [5.41, 5.74) is 2.58. The molecule has 3 aromatic carbocycles. The van der Waals surface area contributed by atoms with E-state index in [9.17, 15) is 14.9 Å². The molecule has 2 N–H and O–H groups in total. The highest BCUT2D eigenvalue weighted by molar-refractivity contribution is 6.31. The van der Waals surface area contributed by atoms with Crippen molar-refractivity contribution in [2.24, 2.45) is 0 Å². The molecule has 0 aliphatic rings. The average molecular weight is 476 g/mol. The van der Waals surface area contributed by atoms with Crippen molar-refractivity contribution in [1.82, 2.24) is 0 Å². The lowest BCUT2D eigenvalue weighted by Crippen LogP contribution is -2.14. The van der Waals surface area contributed by atoms with Crippen LogP contribution < -0.4 is 20.1 Å². The molecule has 7 nitrogen and oxygen atoms in total. The summed E-state index contributed by atoms with van der Waals surface area (Å²) >= 11 is 6.11. The number of methoxy groups -OCH3 is 2. The number of rotatable bonds is 7. The number of amides is 2. The first kappa shape index (κ1) is 24.4. The van der Waals surface area contributed by atoms with Crippen LogP contribution in [0.15, 0.2) is 66.2 Å². The number of benzene rings is 3. The summed E-state index contributed by atoms with van der Waals surface area (Å²) in [6.45, 7) is 1.80.